The number of nitrogens with zero attached hydrogens (tertiary/aromatic N) is 1. The molecule has 5 heteroatoms. The van der Waals surface area contributed by atoms with Crippen molar-refractivity contribution in [1.82, 2.24) is 4.98 Å². The van der Waals surface area contributed by atoms with Crippen molar-refractivity contribution in [3.05, 3.63) is 40.9 Å². The van der Waals surface area contributed by atoms with E-state index in [9.17, 15) is 4.79 Å². The third-order valence-corrected chi connectivity index (χ3v) is 3.18. The smallest absolute Gasteiger partial charge is 0.350 e. The predicted octanol–water partition coefficient (Wildman–Crippen LogP) is 3.37. The fourth-order valence-electron chi connectivity index (χ4n) is 1.39. The summed E-state index contributed by atoms with van der Waals surface area (Å²) in [5, 5.41) is 3.83. The molecular weight excluding hydrogens is 248 g/mol. The Kier molecular flexibility index (Phi) is 3.94. The monoisotopic (exact) mass is 262 g/mol. The number of ether oxygens (including phenoxy) is 1. The average Bonchev–Trinajstić information content (AvgIpc) is 2.81. The molecule has 0 atom stereocenters. The van der Waals surface area contributed by atoms with Gasteiger partial charge in [0.05, 0.1) is 12.8 Å². The fraction of sp³-hybridized carbons (Fsp3) is 0.231. The van der Waals surface area contributed by atoms with Gasteiger partial charge in [-0.25, -0.2) is 9.78 Å². The third-order valence-electron chi connectivity index (χ3n) is 2.29. The number of hydrogen-bond acceptors (Lipinski definition) is 5. The fourth-order valence-corrected chi connectivity index (χ4v) is 2.12. The number of benzene rings is 1. The van der Waals surface area contributed by atoms with Crippen LogP contribution in [0.5, 0.6) is 0 Å². The van der Waals surface area contributed by atoms with Crippen molar-refractivity contribution in [3.63, 3.8) is 0 Å². The normalized spacial score (nSPS) is 10.1. The van der Waals surface area contributed by atoms with Gasteiger partial charge >= 0.3 is 5.97 Å². The Morgan fingerprint density at radius 3 is 2.78 bits per heavy atom. The van der Waals surface area contributed by atoms with Gasteiger partial charge in [0, 0.05) is 5.69 Å². The first-order valence-corrected chi connectivity index (χ1v) is 6.47. The second-order valence-corrected chi connectivity index (χ2v) is 4.77. The van der Waals surface area contributed by atoms with Gasteiger partial charge in [-0.1, -0.05) is 29.0 Å². The van der Waals surface area contributed by atoms with E-state index in [4.69, 9.17) is 4.74 Å². The number of esters is 1. The maximum Gasteiger partial charge on any atom is 0.350 e. The van der Waals surface area contributed by atoms with E-state index in [0.717, 1.165) is 5.69 Å². The van der Waals surface area contributed by atoms with Crippen LogP contribution in [-0.2, 0) is 4.74 Å². The van der Waals surface area contributed by atoms with Gasteiger partial charge in [-0.2, -0.15) is 0 Å². The molecule has 0 aliphatic heterocycles. The molecule has 1 aromatic carbocycles. The summed E-state index contributed by atoms with van der Waals surface area (Å²) in [6.45, 7) is 4.19. The minimum Gasteiger partial charge on any atom is -0.462 e. The molecule has 0 spiro atoms. The first-order chi connectivity index (χ1) is 8.69. The van der Waals surface area contributed by atoms with Crippen LogP contribution in [0.25, 0.3) is 0 Å². The summed E-state index contributed by atoms with van der Waals surface area (Å²) >= 11 is 1.28. The van der Waals surface area contributed by atoms with E-state index in [1.807, 2.05) is 31.2 Å². The van der Waals surface area contributed by atoms with E-state index >= 15 is 0 Å². The zero-order chi connectivity index (χ0) is 13.0. The molecule has 0 aliphatic carbocycles. The van der Waals surface area contributed by atoms with Gasteiger partial charge in [-0.3, -0.25) is 0 Å². The largest absolute Gasteiger partial charge is 0.462 e. The van der Waals surface area contributed by atoms with E-state index in [2.05, 4.69) is 10.3 Å². The highest BCUT2D eigenvalue weighted by Gasteiger charge is 2.11. The minimum absolute atomic E-state index is 0.327. The lowest BCUT2D eigenvalue weighted by Crippen LogP contribution is -2.01. The van der Waals surface area contributed by atoms with Crippen LogP contribution < -0.4 is 5.32 Å². The van der Waals surface area contributed by atoms with Gasteiger partial charge in [0.1, 0.15) is 4.88 Å². The third kappa shape index (κ3) is 3.07. The van der Waals surface area contributed by atoms with E-state index in [1.165, 1.54) is 23.1 Å². The molecule has 2 aromatic rings. The van der Waals surface area contributed by atoms with Gasteiger partial charge in [-0.15, -0.1) is 0 Å². The predicted molar refractivity (Wildman–Crippen MR) is 72.5 cm³/mol. The van der Waals surface area contributed by atoms with E-state index in [-0.39, 0.29) is 5.97 Å². The number of hydrogen-bond donors (Lipinski definition) is 1. The maximum atomic E-state index is 11.5. The highest BCUT2D eigenvalue weighted by atomic mass is 32.1. The molecule has 2 rings (SSSR count). The SMILES string of the molecule is CCOC(=O)c1cnc(Nc2ccc(C)cc2)s1. The second-order valence-electron chi connectivity index (χ2n) is 3.74. The summed E-state index contributed by atoms with van der Waals surface area (Å²) in [7, 11) is 0. The zero-order valence-corrected chi connectivity index (χ0v) is 11.1. The number of anilines is 2. The van der Waals surface area contributed by atoms with Gasteiger partial charge in [-0.05, 0) is 26.0 Å². The topological polar surface area (TPSA) is 51.2 Å². The quantitative estimate of drug-likeness (QED) is 0.858. The molecule has 0 fully saturated rings. The van der Waals surface area contributed by atoms with Crippen molar-refractivity contribution < 1.29 is 9.53 Å². The molecule has 18 heavy (non-hydrogen) atoms. The number of thiazole rings is 1. The molecule has 0 aliphatic rings. The summed E-state index contributed by atoms with van der Waals surface area (Å²) in [5.74, 6) is -0.327. The van der Waals surface area contributed by atoms with Crippen molar-refractivity contribution in [3.8, 4) is 0 Å². The Hall–Kier alpha value is -1.88. The Morgan fingerprint density at radius 1 is 1.39 bits per heavy atom. The molecule has 0 saturated heterocycles. The summed E-state index contributed by atoms with van der Waals surface area (Å²) in [6.07, 6.45) is 1.53. The number of aryl methyl sites for hydroxylation is 1. The Labute approximate surface area is 110 Å². The summed E-state index contributed by atoms with van der Waals surface area (Å²) < 4.78 is 4.91. The van der Waals surface area contributed by atoms with Gasteiger partial charge in [0.2, 0.25) is 0 Å². The molecule has 1 aromatic heterocycles. The van der Waals surface area contributed by atoms with Gasteiger partial charge in [0.15, 0.2) is 5.13 Å². The Bertz CT molecular complexity index is 534. The Balaban J connectivity index is 2.06. The van der Waals surface area contributed by atoms with Crippen molar-refractivity contribution >= 4 is 28.1 Å². The van der Waals surface area contributed by atoms with Gasteiger partial charge < -0.3 is 10.1 Å². The summed E-state index contributed by atoms with van der Waals surface area (Å²) in [5.41, 5.74) is 2.15. The number of rotatable bonds is 4. The van der Waals surface area contributed by atoms with Crippen LogP contribution in [0.2, 0.25) is 0 Å². The molecular formula is C13H14N2O2S. The van der Waals surface area contributed by atoms with E-state index in [1.54, 1.807) is 6.92 Å². The molecule has 1 N–H and O–H groups in total. The van der Waals surface area contributed by atoms with Crippen LogP contribution in [-0.4, -0.2) is 17.6 Å². The molecule has 0 saturated carbocycles. The highest BCUT2D eigenvalue weighted by molar-refractivity contribution is 7.17. The molecule has 94 valence electrons. The lowest BCUT2D eigenvalue weighted by molar-refractivity contribution is 0.0532. The van der Waals surface area contributed by atoms with Crippen LogP contribution in [0, 0.1) is 6.92 Å². The summed E-state index contributed by atoms with van der Waals surface area (Å²) in [4.78, 5) is 16.1. The molecule has 0 amide bonds. The highest BCUT2D eigenvalue weighted by Crippen LogP contribution is 2.23. The standard InChI is InChI=1S/C13H14N2O2S/c1-3-17-12(16)11-8-14-13(18-11)15-10-6-4-9(2)5-7-10/h4-8H,3H2,1-2H3,(H,14,15). The van der Waals surface area contributed by atoms with E-state index < -0.39 is 0 Å². The van der Waals surface area contributed by atoms with Crippen LogP contribution in [0.4, 0.5) is 10.8 Å². The van der Waals surface area contributed by atoms with Crippen molar-refractivity contribution in [2.75, 3.05) is 11.9 Å². The molecule has 0 bridgehead atoms. The maximum absolute atomic E-state index is 11.5. The minimum atomic E-state index is -0.327. The number of carbonyl (C=O) groups excluding carboxylic acids is 1. The zero-order valence-electron chi connectivity index (χ0n) is 10.3. The molecule has 1 heterocycles. The Morgan fingerprint density at radius 2 is 2.11 bits per heavy atom. The van der Waals surface area contributed by atoms with Crippen molar-refractivity contribution in [2.24, 2.45) is 0 Å². The first-order valence-electron chi connectivity index (χ1n) is 5.65. The van der Waals surface area contributed by atoms with Crippen LogP contribution in [0.15, 0.2) is 30.5 Å². The number of aromatic nitrogens is 1. The van der Waals surface area contributed by atoms with Crippen molar-refractivity contribution in [1.29, 1.82) is 0 Å². The molecule has 0 unspecified atom stereocenters. The van der Waals surface area contributed by atoms with Crippen LogP contribution in [0.3, 0.4) is 0 Å². The average molecular weight is 262 g/mol. The lowest BCUT2D eigenvalue weighted by Gasteiger charge is -2.02. The molecule has 4 nitrogen and oxygen atoms in total. The van der Waals surface area contributed by atoms with Crippen LogP contribution in [0.1, 0.15) is 22.2 Å². The lowest BCUT2D eigenvalue weighted by atomic mass is 10.2. The number of nitrogens with one attached hydrogen (secondary N) is 1. The van der Waals surface area contributed by atoms with Gasteiger partial charge in [0.25, 0.3) is 0 Å². The van der Waals surface area contributed by atoms with E-state index in [0.29, 0.717) is 16.6 Å². The first kappa shape index (κ1) is 12.6. The van der Waals surface area contributed by atoms with Crippen molar-refractivity contribution in [2.45, 2.75) is 13.8 Å². The molecule has 0 radical (unpaired) electrons. The summed E-state index contributed by atoms with van der Waals surface area (Å²) in [6, 6.07) is 7.98. The van der Waals surface area contributed by atoms with Crippen LogP contribution >= 0.6 is 11.3 Å². The second kappa shape index (κ2) is 5.64. The number of carbonyl (C=O) groups is 1.